The predicted molar refractivity (Wildman–Crippen MR) is 139 cm³/mol. The number of nitrogens with one attached hydrogen (secondary N) is 1. The average molecular weight is 527 g/mol. The van der Waals surface area contributed by atoms with Crippen molar-refractivity contribution in [2.45, 2.75) is 76.7 Å². The number of nitrogens with zero attached hydrogens (tertiary/aromatic N) is 3. The van der Waals surface area contributed by atoms with Gasteiger partial charge in [0.05, 0.1) is 12.5 Å². The zero-order valence-corrected chi connectivity index (χ0v) is 22.5. The van der Waals surface area contributed by atoms with Crippen molar-refractivity contribution in [1.29, 1.82) is 0 Å². The minimum absolute atomic E-state index is 0.0800. The summed E-state index contributed by atoms with van der Waals surface area (Å²) < 4.78 is 33.2. The second kappa shape index (κ2) is 9.98. The molecule has 9 heteroatoms. The number of aromatic nitrogens is 2. The van der Waals surface area contributed by atoms with Gasteiger partial charge in [-0.05, 0) is 68.2 Å². The van der Waals surface area contributed by atoms with Crippen LogP contribution in [0.5, 0.6) is 0 Å². The highest BCUT2D eigenvalue weighted by molar-refractivity contribution is 5.99. The summed E-state index contributed by atoms with van der Waals surface area (Å²) in [5.41, 5.74) is 1.66. The second-order valence-corrected chi connectivity index (χ2v) is 11.4. The molecule has 4 unspecified atom stereocenters. The fourth-order valence-electron chi connectivity index (χ4n) is 6.42. The molecule has 38 heavy (non-hydrogen) atoms. The first-order valence-electron chi connectivity index (χ1n) is 13.6. The van der Waals surface area contributed by atoms with Gasteiger partial charge in [-0.2, -0.15) is 8.78 Å². The molecule has 7 nitrogen and oxygen atoms in total. The van der Waals surface area contributed by atoms with Crippen molar-refractivity contribution < 1.29 is 23.1 Å². The highest BCUT2D eigenvalue weighted by Crippen LogP contribution is 2.49. The molecule has 1 N–H and O–H groups in total. The van der Waals surface area contributed by atoms with Gasteiger partial charge in [0.2, 0.25) is 5.91 Å². The highest BCUT2D eigenvalue weighted by atomic mass is 19.3. The Morgan fingerprint density at radius 3 is 2.82 bits per heavy atom. The number of hydrogen-bond acceptors (Lipinski definition) is 5. The van der Waals surface area contributed by atoms with E-state index in [1.54, 1.807) is 4.90 Å². The Balaban J connectivity index is 1.39. The molecule has 4 heterocycles. The number of fused-ring (bicyclic) bond motifs is 3. The van der Waals surface area contributed by atoms with Crippen LogP contribution in [0.2, 0.25) is 0 Å². The van der Waals surface area contributed by atoms with Gasteiger partial charge in [0.15, 0.2) is 0 Å². The normalized spacial score (nSPS) is 29.4. The Kier molecular flexibility index (Phi) is 7.00. The topological polar surface area (TPSA) is 84.4 Å². The van der Waals surface area contributed by atoms with E-state index in [2.05, 4.69) is 30.2 Å². The molecule has 0 spiro atoms. The predicted octanol–water partition coefficient (Wildman–Crippen LogP) is 4.95. The summed E-state index contributed by atoms with van der Waals surface area (Å²) in [4.78, 5) is 36.5. The third kappa shape index (κ3) is 4.70. The molecule has 1 saturated carbocycles. The summed E-state index contributed by atoms with van der Waals surface area (Å²) in [6.45, 7) is 8.71. The first-order chi connectivity index (χ1) is 18.0. The van der Waals surface area contributed by atoms with Crippen LogP contribution in [-0.4, -0.2) is 47.6 Å². The summed E-state index contributed by atoms with van der Waals surface area (Å²) in [7, 11) is 0. The molecule has 2 fully saturated rings. The summed E-state index contributed by atoms with van der Waals surface area (Å²) >= 11 is 0. The van der Waals surface area contributed by atoms with E-state index < -0.39 is 11.6 Å². The fraction of sp³-hybridized carbons (Fsp3) is 0.586. The molecule has 0 radical (unpaired) electrons. The summed E-state index contributed by atoms with van der Waals surface area (Å²) in [6.07, 6.45) is 6.38. The molecule has 2 aromatic rings. The highest BCUT2D eigenvalue weighted by Gasteiger charge is 2.50. The van der Waals surface area contributed by atoms with Crippen LogP contribution in [0.15, 0.2) is 30.6 Å². The molecule has 1 saturated heterocycles. The zero-order valence-electron chi connectivity index (χ0n) is 22.5. The van der Waals surface area contributed by atoms with E-state index in [0.29, 0.717) is 25.7 Å². The van der Waals surface area contributed by atoms with Crippen LogP contribution < -0.4 is 10.2 Å². The van der Waals surface area contributed by atoms with Crippen molar-refractivity contribution >= 4 is 17.6 Å². The first-order valence-corrected chi connectivity index (χ1v) is 13.6. The maximum absolute atomic E-state index is 13.7. The Morgan fingerprint density at radius 1 is 1.29 bits per heavy atom. The average Bonchev–Trinajstić information content (AvgIpc) is 2.89. The zero-order chi connectivity index (χ0) is 27.2. The van der Waals surface area contributed by atoms with Gasteiger partial charge in [0, 0.05) is 55.1 Å². The van der Waals surface area contributed by atoms with Gasteiger partial charge in [-0.3, -0.25) is 19.5 Å². The van der Waals surface area contributed by atoms with Gasteiger partial charge in [-0.15, -0.1) is 0 Å². The summed E-state index contributed by atoms with van der Waals surface area (Å²) in [6, 6.07) is 4.78. The van der Waals surface area contributed by atoms with Crippen molar-refractivity contribution in [3.63, 3.8) is 0 Å². The second-order valence-electron chi connectivity index (χ2n) is 11.4. The number of alkyl halides is 2. The lowest BCUT2D eigenvalue weighted by Gasteiger charge is -2.48. The smallest absolute Gasteiger partial charge is 0.286 e. The fourth-order valence-corrected chi connectivity index (χ4v) is 6.42. The largest absolute Gasteiger partial charge is 0.381 e. The van der Waals surface area contributed by atoms with E-state index in [1.807, 2.05) is 13.1 Å². The lowest BCUT2D eigenvalue weighted by molar-refractivity contribution is -0.131. The van der Waals surface area contributed by atoms with Gasteiger partial charge in [-0.25, -0.2) is 4.98 Å². The molecule has 2 aliphatic heterocycles. The standard InChI is InChI=1S/C29H36F2N4O3/c1-5-35-25-22(28(3)9-11-38-16-23(28)27(35)37)12-19(15-33-25)21-14-20(7-6-17(21)2)34-26(36)18-8-10-32-24(13-18)29(4,30)31/h8,10,12-13,15,17,20-21,23H,5-7,9,11,14,16H2,1-4H3,(H,34,36)/t17?,20?,21?,23-,28?/m1/s1. The number of anilines is 1. The van der Waals surface area contributed by atoms with Gasteiger partial charge < -0.3 is 10.1 Å². The van der Waals surface area contributed by atoms with Crippen LogP contribution in [0, 0.1) is 11.8 Å². The maximum atomic E-state index is 13.7. The van der Waals surface area contributed by atoms with Gasteiger partial charge in [0.1, 0.15) is 11.5 Å². The van der Waals surface area contributed by atoms with Crippen LogP contribution in [0.4, 0.5) is 14.6 Å². The number of carbonyl (C=O) groups is 2. The van der Waals surface area contributed by atoms with E-state index >= 15 is 0 Å². The van der Waals surface area contributed by atoms with E-state index in [9.17, 15) is 18.4 Å². The van der Waals surface area contributed by atoms with E-state index in [4.69, 9.17) is 9.72 Å². The third-order valence-electron chi connectivity index (χ3n) is 8.89. The Morgan fingerprint density at radius 2 is 2.08 bits per heavy atom. The minimum atomic E-state index is -3.11. The van der Waals surface area contributed by atoms with E-state index in [1.165, 1.54) is 12.3 Å². The quantitative estimate of drug-likeness (QED) is 0.596. The molecular weight excluding hydrogens is 490 g/mol. The number of carbonyl (C=O) groups excluding carboxylic acids is 2. The molecule has 2 amide bonds. The van der Waals surface area contributed by atoms with Crippen LogP contribution in [-0.2, 0) is 20.9 Å². The molecular formula is C29H36F2N4O3. The molecule has 1 aliphatic carbocycles. The SMILES string of the molecule is CCN1C(=O)[C@H]2COCCC2(C)c2cc(C3CC(NC(=O)c4ccnc(C(C)(F)F)c4)CCC3C)cnc21. The number of ether oxygens (including phenoxy) is 1. The van der Waals surface area contributed by atoms with Crippen molar-refractivity contribution in [3.8, 4) is 0 Å². The lowest BCUT2D eigenvalue weighted by Crippen LogP contribution is -2.55. The number of halogens is 2. The van der Waals surface area contributed by atoms with Crippen molar-refractivity contribution in [2.75, 3.05) is 24.7 Å². The van der Waals surface area contributed by atoms with Crippen molar-refractivity contribution in [2.24, 2.45) is 11.8 Å². The maximum Gasteiger partial charge on any atom is 0.286 e. The summed E-state index contributed by atoms with van der Waals surface area (Å²) in [5, 5.41) is 3.07. The molecule has 3 aliphatic rings. The number of hydrogen-bond donors (Lipinski definition) is 1. The minimum Gasteiger partial charge on any atom is -0.381 e. The molecule has 5 rings (SSSR count). The van der Waals surface area contributed by atoms with E-state index in [-0.39, 0.29) is 40.7 Å². The van der Waals surface area contributed by atoms with Crippen molar-refractivity contribution in [1.82, 2.24) is 15.3 Å². The third-order valence-corrected chi connectivity index (χ3v) is 8.89. The monoisotopic (exact) mass is 526 g/mol. The summed E-state index contributed by atoms with van der Waals surface area (Å²) in [5.74, 6) is -2.31. The molecule has 0 aromatic carbocycles. The van der Waals surface area contributed by atoms with Crippen LogP contribution in [0.25, 0.3) is 0 Å². The van der Waals surface area contributed by atoms with Crippen LogP contribution >= 0.6 is 0 Å². The molecule has 2 aromatic heterocycles. The molecule has 5 atom stereocenters. The lowest BCUT2D eigenvalue weighted by atomic mass is 9.65. The molecule has 204 valence electrons. The van der Waals surface area contributed by atoms with Gasteiger partial charge in [-0.1, -0.05) is 13.8 Å². The number of pyridine rings is 2. The Hall–Kier alpha value is -2.94. The van der Waals surface area contributed by atoms with Gasteiger partial charge in [0.25, 0.3) is 11.8 Å². The van der Waals surface area contributed by atoms with E-state index in [0.717, 1.165) is 55.6 Å². The van der Waals surface area contributed by atoms with Crippen molar-refractivity contribution in [3.05, 3.63) is 53.0 Å². The van der Waals surface area contributed by atoms with Crippen LogP contribution in [0.3, 0.4) is 0 Å². The van der Waals surface area contributed by atoms with Gasteiger partial charge >= 0.3 is 0 Å². The van der Waals surface area contributed by atoms with Crippen LogP contribution in [0.1, 0.15) is 86.5 Å². The molecule has 0 bridgehead atoms. The first kappa shape index (κ1) is 26.7. The Labute approximate surface area is 222 Å². The number of rotatable bonds is 5. The Bertz CT molecular complexity index is 1230. The number of amides is 2.